The first kappa shape index (κ1) is 15.0. The zero-order valence-corrected chi connectivity index (χ0v) is 13.6. The van der Waals surface area contributed by atoms with Crippen LogP contribution in [0.3, 0.4) is 0 Å². The molecular formula is C17H25NO2S. The molecule has 2 heterocycles. The molecule has 1 aromatic rings. The van der Waals surface area contributed by atoms with E-state index in [0.29, 0.717) is 6.42 Å². The number of hydrogen-bond donors (Lipinski definition) is 1. The third-order valence-electron chi connectivity index (χ3n) is 4.71. The molecule has 2 aliphatic rings. The molecule has 116 valence electrons. The predicted octanol–water partition coefficient (Wildman–Crippen LogP) is 3.39. The van der Waals surface area contributed by atoms with E-state index < -0.39 is 0 Å². The van der Waals surface area contributed by atoms with E-state index in [4.69, 9.17) is 0 Å². The number of amides is 1. The minimum atomic E-state index is -0.330. The van der Waals surface area contributed by atoms with Crippen LogP contribution in [0.2, 0.25) is 0 Å². The first-order valence-electron chi connectivity index (χ1n) is 8.26. The van der Waals surface area contributed by atoms with Gasteiger partial charge in [0.15, 0.2) is 0 Å². The molecule has 1 N–H and O–H groups in total. The summed E-state index contributed by atoms with van der Waals surface area (Å²) in [6.07, 6.45) is 8.57. The van der Waals surface area contributed by atoms with Crippen LogP contribution in [0.5, 0.6) is 0 Å². The highest BCUT2D eigenvalue weighted by molar-refractivity contribution is 7.14. The fourth-order valence-corrected chi connectivity index (χ4v) is 4.87. The Morgan fingerprint density at radius 3 is 3.00 bits per heavy atom. The molecule has 1 aliphatic carbocycles. The second-order valence-corrected chi connectivity index (χ2v) is 7.64. The maximum absolute atomic E-state index is 12.8. The maximum Gasteiger partial charge on any atom is 0.264 e. The van der Waals surface area contributed by atoms with Gasteiger partial charge in [0, 0.05) is 17.5 Å². The molecule has 2 unspecified atom stereocenters. The normalized spacial score (nSPS) is 23.7. The molecule has 1 saturated heterocycles. The standard InChI is InChI=1S/C17H25NO2S/c1-12(19)10-14-7-5-9-18(14)17(20)16-11-13-6-3-2-4-8-15(13)21-16/h11-12,14,19H,2-10H2,1H3. The second kappa shape index (κ2) is 6.49. The van der Waals surface area contributed by atoms with E-state index in [1.54, 1.807) is 11.3 Å². The largest absolute Gasteiger partial charge is 0.393 e. The van der Waals surface area contributed by atoms with Gasteiger partial charge in [-0.1, -0.05) is 6.42 Å². The Kier molecular flexibility index (Phi) is 4.65. The third-order valence-corrected chi connectivity index (χ3v) is 5.93. The summed E-state index contributed by atoms with van der Waals surface area (Å²) < 4.78 is 0. The van der Waals surface area contributed by atoms with Crippen LogP contribution in [0.4, 0.5) is 0 Å². The molecule has 0 saturated carbocycles. The fourth-order valence-electron chi connectivity index (χ4n) is 3.66. The quantitative estimate of drug-likeness (QED) is 0.870. The third kappa shape index (κ3) is 3.32. The maximum atomic E-state index is 12.8. The zero-order valence-electron chi connectivity index (χ0n) is 12.8. The van der Waals surface area contributed by atoms with Crippen molar-refractivity contribution in [3.8, 4) is 0 Å². The zero-order chi connectivity index (χ0) is 14.8. The molecule has 4 heteroatoms. The van der Waals surface area contributed by atoms with Crippen LogP contribution in [-0.4, -0.2) is 34.6 Å². The van der Waals surface area contributed by atoms with Crippen LogP contribution >= 0.6 is 11.3 Å². The van der Waals surface area contributed by atoms with Crippen molar-refractivity contribution in [2.24, 2.45) is 0 Å². The average Bonchev–Trinajstić information content (AvgIpc) is 3.00. The second-order valence-electron chi connectivity index (χ2n) is 6.50. The molecular weight excluding hydrogens is 282 g/mol. The number of aliphatic hydroxyl groups is 1. The molecule has 1 fully saturated rings. The van der Waals surface area contributed by atoms with Crippen molar-refractivity contribution in [1.82, 2.24) is 4.90 Å². The summed E-state index contributed by atoms with van der Waals surface area (Å²) in [6, 6.07) is 2.37. The van der Waals surface area contributed by atoms with Crippen LogP contribution in [0.15, 0.2) is 6.07 Å². The van der Waals surface area contributed by atoms with Gasteiger partial charge in [-0.3, -0.25) is 4.79 Å². The van der Waals surface area contributed by atoms with E-state index >= 15 is 0 Å². The smallest absolute Gasteiger partial charge is 0.264 e. The Labute approximate surface area is 131 Å². The van der Waals surface area contributed by atoms with Crippen molar-refractivity contribution >= 4 is 17.2 Å². The number of likely N-dealkylation sites (tertiary alicyclic amines) is 1. The number of thiophene rings is 1. The number of carbonyl (C=O) groups excluding carboxylic acids is 1. The van der Waals surface area contributed by atoms with E-state index in [0.717, 1.165) is 37.1 Å². The SMILES string of the molecule is CC(O)CC1CCCN1C(=O)c1cc2c(s1)CCCCC2. The van der Waals surface area contributed by atoms with E-state index in [1.165, 1.54) is 29.7 Å². The fraction of sp³-hybridized carbons (Fsp3) is 0.706. The first-order valence-corrected chi connectivity index (χ1v) is 9.07. The van der Waals surface area contributed by atoms with Gasteiger partial charge in [-0.15, -0.1) is 11.3 Å². The molecule has 21 heavy (non-hydrogen) atoms. The molecule has 1 aliphatic heterocycles. The van der Waals surface area contributed by atoms with Gasteiger partial charge in [0.2, 0.25) is 0 Å². The topological polar surface area (TPSA) is 40.5 Å². The average molecular weight is 307 g/mol. The Hall–Kier alpha value is -0.870. The van der Waals surface area contributed by atoms with Gasteiger partial charge in [-0.05, 0) is 63.5 Å². The molecule has 1 aromatic heterocycles. The highest BCUT2D eigenvalue weighted by Crippen LogP contribution is 2.32. The Morgan fingerprint density at radius 2 is 2.19 bits per heavy atom. The molecule has 1 amide bonds. The summed E-state index contributed by atoms with van der Waals surface area (Å²) in [7, 11) is 0. The van der Waals surface area contributed by atoms with Gasteiger partial charge >= 0.3 is 0 Å². The van der Waals surface area contributed by atoms with Crippen LogP contribution < -0.4 is 0 Å². The van der Waals surface area contributed by atoms with Crippen molar-refractivity contribution in [1.29, 1.82) is 0 Å². The van der Waals surface area contributed by atoms with E-state index in [9.17, 15) is 9.90 Å². The van der Waals surface area contributed by atoms with Crippen LogP contribution in [0, 0.1) is 0 Å². The van der Waals surface area contributed by atoms with Gasteiger partial charge < -0.3 is 10.0 Å². The van der Waals surface area contributed by atoms with Crippen molar-refractivity contribution in [3.63, 3.8) is 0 Å². The van der Waals surface area contributed by atoms with Gasteiger partial charge in [-0.2, -0.15) is 0 Å². The van der Waals surface area contributed by atoms with Crippen molar-refractivity contribution in [3.05, 3.63) is 21.4 Å². The van der Waals surface area contributed by atoms with E-state index in [1.807, 2.05) is 11.8 Å². The Balaban J connectivity index is 1.75. The molecule has 0 bridgehead atoms. The van der Waals surface area contributed by atoms with Crippen molar-refractivity contribution in [2.45, 2.75) is 70.4 Å². The minimum Gasteiger partial charge on any atom is -0.393 e. The van der Waals surface area contributed by atoms with Gasteiger partial charge in [-0.25, -0.2) is 0 Å². The van der Waals surface area contributed by atoms with Crippen LogP contribution in [0.25, 0.3) is 0 Å². The molecule has 0 aromatic carbocycles. The number of rotatable bonds is 3. The lowest BCUT2D eigenvalue weighted by Crippen LogP contribution is -2.36. The lowest BCUT2D eigenvalue weighted by atomic mass is 10.1. The molecule has 3 nitrogen and oxygen atoms in total. The summed E-state index contributed by atoms with van der Waals surface area (Å²) in [5.74, 6) is 0.191. The Bertz CT molecular complexity index is 485. The van der Waals surface area contributed by atoms with E-state index in [2.05, 4.69) is 6.07 Å². The lowest BCUT2D eigenvalue weighted by Gasteiger charge is -2.25. The predicted molar refractivity (Wildman–Crippen MR) is 85.9 cm³/mol. The molecule has 3 rings (SSSR count). The van der Waals surface area contributed by atoms with E-state index in [-0.39, 0.29) is 18.1 Å². The summed E-state index contributed by atoms with van der Waals surface area (Å²) in [4.78, 5) is 17.1. The summed E-state index contributed by atoms with van der Waals surface area (Å²) in [5, 5.41) is 9.61. The molecule has 0 spiro atoms. The van der Waals surface area contributed by atoms with Crippen molar-refractivity contribution < 1.29 is 9.90 Å². The summed E-state index contributed by atoms with van der Waals surface area (Å²) in [6.45, 7) is 2.66. The highest BCUT2D eigenvalue weighted by Gasteiger charge is 2.31. The lowest BCUT2D eigenvalue weighted by molar-refractivity contribution is 0.0687. The molecule has 2 atom stereocenters. The monoisotopic (exact) mass is 307 g/mol. The molecule has 0 radical (unpaired) electrons. The number of aryl methyl sites for hydroxylation is 2. The van der Waals surface area contributed by atoms with Crippen LogP contribution in [-0.2, 0) is 12.8 Å². The number of fused-ring (bicyclic) bond motifs is 1. The van der Waals surface area contributed by atoms with Gasteiger partial charge in [0.25, 0.3) is 5.91 Å². The number of aliphatic hydroxyl groups excluding tert-OH is 1. The number of carbonyl (C=O) groups is 1. The number of nitrogens with zero attached hydrogens (tertiary/aromatic N) is 1. The van der Waals surface area contributed by atoms with Crippen molar-refractivity contribution in [2.75, 3.05) is 6.54 Å². The summed E-state index contributed by atoms with van der Waals surface area (Å²) >= 11 is 1.71. The first-order chi connectivity index (χ1) is 10.1. The number of hydrogen-bond acceptors (Lipinski definition) is 3. The van der Waals surface area contributed by atoms with Gasteiger partial charge in [0.05, 0.1) is 11.0 Å². The van der Waals surface area contributed by atoms with Gasteiger partial charge in [0.1, 0.15) is 0 Å². The summed E-state index contributed by atoms with van der Waals surface area (Å²) in [5.41, 5.74) is 1.41. The van der Waals surface area contributed by atoms with Crippen LogP contribution in [0.1, 0.15) is 65.6 Å². The Morgan fingerprint density at radius 1 is 1.38 bits per heavy atom. The highest BCUT2D eigenvalue weighted by atomic mass is 32.1. The minimum absolute atomic E-state index is 0.191.